The highest BCUT2D eigenvalue weighted by Gasteiger charge is 2.31. The Hall–Kier alpha value is -2.16. The van der Waals surface area contributed by atoms with Crippen LogP contribution in [0.1, 0.15) is 25.7 Å². The van der Waals surface area contributed by atoms with E-state index >= 15 is 0 Å². The molecule has 2 aliphatic heterocycles. The molecular formula is C23H25BrClN5O2. The van der Waals surface area contributed by atoms with Crippen molar-refractivity contribution in [2.24, 2.45) is 5.92 Å². The van der Waals surface area contributed by atoms with Crippen LogP contribution in [-0.4, -0.2) is 57.8 Å². The zero-order chi connectivity index (χ0) is 22.1. The summed E-state index contributed by atoms with van der Waals surface area (Å²) in [5.41, 5.74) is 2.38. The number of aromatic nitrogens is 3. The Kier molecular flexibility index (Phi) is 6.35. The predicted octanol–water partition coefficient (Wildman–Crippen LogP) is 4.64. The van der Waals surface area contributed by atoms with Crippen LogP contribution in [-0.2, 0) is 9.53 Å². The van der Waals surface area contributed by atoms with Gasteiger partial charge in [-0.15, -0.1) is 0 Å². The Balaban J connectivity index is 1.35. The van der Waals surface area contributed by atoms with Gasteiger partial charge in [0.05, 0.1) is 16.4 Å². The van der Waals surface area contributed by atoms with Gasteiger partial charge in [0.25, 0.3) is 5.91 Å². The summed E-state index contributed by atoms with van der Waals surface area (Å²) in [6.07, 6.45) is 5.39. The molecule has 2 aromatic heterocycles. The van der Waals surface area contributed by atoms with Crippen LogP contribution in [0.5, 0.6) is 0 Å². The number of anilines is 1. The summed E-state index contributed by atoms with van der Waals surface area (Å²) in [5, 5.41) is 8.68. The zero-order valence-corrected chi connectivity index (χ0v) is 20.0. The van der Waals surface area contributed by atoms with Crippen molar-refractivity contribution in [3.63, 3.8) is 0 Å². The lowest BCUT2D eigenvalue weighted by atomic mass is 9.97. The molecule has 2 atom stereocenters. The lowest BCUT2D eigenvalue weighted by molar-refractivity contribution is -0.142. The average Bonchev–Trinajstić information content (AvgIpc) is 3.48. The van der Waals surface area contributed by atoms with E-state index in [1.54, 1.807) is 10.7 Å². The van der Waals surface area contributed by atoms with Crippen LogP contribution in [0.25, 0.3) is 16.9 Å². The fourth-order valence-corrected chi connectivity index (χ4v) is 5.11. The van der Waals surface area contributed by atoms with Crippen molar-refractivity contribution in [3.05, 3.63) is 46.0 Å². The Morgan fingerprint density at radius 3 is 2.97 bits per heavy atom. The standard InChI is InChI=1S/C23H25BrClN5O2/c24-17-13-27-30-21(11-19(28-22(17)30)16-6-1-2-7-18(16)25)26-12-15-5-3-9-29(14-15)23(31)20-8-4-10-32-20/h1-2,6-7,11,13,15,20,26H,3-5,8-10,12,14H2. The molecule has 2 saturated heterocycles. The molecule has 0 spiro atoms. The van der Waals surface area contributed by atoms with E-state index in [1.807, 2.05) is 35.2 Å². The summed E-state index contributed by atoms with van der Waals surface area (Å²) in [6, 6.07) is 9.66. The molecule has 4 heterocycles. The van der Waals surface area contributed by atoms with Crippen LogP contribution in [0.15, 0.2) is 41.0 Å². The number of rotatable bonds is 5. The molecule has 9 heteroatoms. The number of likely N-dealkylation sites (tertiary alicyclic amines) is 1. The molecule has 3 aromatic rings. The highest BCUT2D eigenvalue weighted by molar-refractivity contribution is 9.10. The molecule has 1 N–H and O–H groups in total. The number of hydrogen-bond donors (Lipinski definition) is 1. The van der Waals surface area contributed by atoms with Gasteiger partial charge in [0.15, 0.2) is 5.65 Å². The topological polar surface area (TPSA) is 71.8 Å². The van der Waals surface area contributed by atoms with E-state index in [2.05, 4.69) is 26.3 Å². The molecule has 1 amide bonds. The van der Waals surface area contributed by atoms with Crippen molar-refractivity contribution in [1.82, 2.24) is 19.5 Å². The van der Waals surface area contributed by atoms with E-state index in [4.69, 9.17) is 21.3 Å². The minimum atomic E-state index is -0.249. The zero-order valence-electron chi connectivity index (χ0n) is 17.6. The fraction of sp³-hybridized carbons (Fsp3) is 0.435. The second-order valence-corrected chi connectivity index (χ2v) is 9.67. The van der Waals surface area contributed by atoms with Gasteiger partial charge in [0.2, 0.25) is 0 Å². The normalized spacial score (nSPS) is 21.2. The summed E-state index contributed by atoms with van der Waals surface area (Å²) in [5.74, 6) is 1.36. The van der Waals surface area contributed by atoms with Crippen LogP contribution in [0.2, 0.25) is 5.02 Å². The smallest absolute Gasteiger partial charge is 0.251 e. The van der Waals surface area contributed by atoms with E-state index in [0.29, 0.717) is 17.5 Å². The number of benzene rings is 1. The molecule has 0 bridgehead atoms. The highest BCUT2D eigenvalue weighted by Crippen LogP contribution is 2.30. The summed E-state index contributed by atoms with van der Waals surface area (Å²) in [4.78, 5) is 19.5. The number of halogens is 2. The minimum Gasteiger partial charge on any atom is -0.370 e. The third-order valence-electron chi connectivity index (χ3n) is 6.19. The van der Waals surface area contributed by atoms with Crippen LogP contribution in [0.3, 0.4) is 0 Å². The third kappa shape index (κ3) is 4.36. The second kappa shape index (κ2) is 9.37. The van der Waals surface area contributed by atoms with Gasteiger partial charge in [-0.25, -0.2) is 4.98 Å². The SMILES string of the molecule is O=C(C1CCCO1)N1CCCC(CNc2cc(-c3ccccc3Cl)nc3c(Br)cnn23)C1. The van der Waals surface area contributed by atoms with Crippen LogP contribution < -0.4 is 5.32 Å². The Bertz CT molecular complexity index is 1130. The monoisotopic (exact) mass is 517 g/mol. The first-order valence-electron chi connectivity index (χ1n) is 11.0. The van der Waals surface area contributed by atoms with E-state index in [9.17, 15) is 4.79 Å². The highest BCUT2D eigenvalue weighted by atomic mass is 79.9. The maximum absolute atomic E-state index is 12.8. The van der Waals surface area contributed by atoms with Crippen molar-refractivity contribution in [2.75, 3.05) is 31.6 Å². The summed E-state index contributed by atoms with van der Waals surface area (Å²) in [7, 11) is 0. The number of nitrogens with one attached hydrogen (secondary N) is 1. The predicted molar refractivity (Wildman–Crippen MR) is 128 cm³/mol. The van der Waals surface area contributed by atoms with Gasteiger partial charge in [0.1, 0.15) is 11.9 Å². The number of fused-ring (bicyclic) bond motifs is 1. The summed E-state index contributed by atoms with van der Waals surface area (Å²) < 4.78 is 8.22. The van der Waals surface area contributed by atoms with Crippen molar-refractivity contribution in [3.8, 4) is 11.3 Å². The van der Waals surface area contributed by atoms with Crippen molar-refractivity contribution < 1.29 is 9.53 Å². The first kappa shape index (κ1) is 21.7. The number of hydrogen-bond acceptors (Lipinski definition) is 5. The van der Waals surface area contributed by atoms with Gasteiger partial charge in [-0.05, 0) is 53.6 Å². The minimum absolute atomic E-state index is 0.149. The van der Waals surface area contributed by atoms with Crippen LogP contribution in [0.4, 0.5) is 5.82 Å². The molecule has 0 saturated carbocycles. The Labute approximate surface area is 200 Å². The Morgan fingerprint density at radius 1 is 1.28 bits per heavy atom. The van der Waals surface area contributed by atoms with Gasteiger partial charge in [-0.3, -0.25) is 4.79 Å². The number of ether oxygens (including phenoxy) is 1. The van der Waals surface area contributed by atoms with Crippen LogP contribution >= 0.6 is 27.5 Å². The van der Waals surface area contributed by atoms with E-state index in [-0.39, 0.29) is 12.0 Å². The molecule has 1 aromatic carbocycles. The number of carbonyl (C=O) groups is 1. The van der Waals surface area contributed by atoms with Crippen molar-refractivity contribution in [2.45, 2.75) is 31.8 Å². The lowest BCUT2D eigenvalue weighted by Crippen LogP contribution is -2.46. The fourth-order valence-electron chi connectivity index (χ4n) is 4.53. The molecular weight excluding hydrogens is 494 g/mol. The van der Waals surface area contributed by atoms with Crippen LogP contribution in [0, 0.1) is 5.92 Å². The van der Waals surface area contributed by atoms with Gasteiger partial charge >= 0.3 is 0 Å². The molecule has 32 heavy (non-hydrogen) atoms. The first-order chi connectivity index (χ1) is 15.6. The molecule has 168 valence electrons. The summed E-state index contributed by atoms with van der Waals surface area (Å²) >= 11 is 9.98. The van der Waals surface area contributed by atoms with Gasteiger partial charge in [-0.2, -0.15) is 9.61 Å². The lowest BCUT2D eigenvalue weighted by Gasteiger charge is -2.34. The molecule has 2 aliphatic rings. The molecule has 7 nitrogen and oxygen atoms in total. The number of nitrogens with zero attached hydrogens (tertiary/aromatic N) is 4. The van der Waals surface area contributed by atoms with Gasteiger partial charge in [0, 0.05) is 42.9 Å². The summed E-state index contributed by atoms with van der Waals surface area (Å²) in [6.45, 7) is 3.01. The number of piperidine rings is 1. The Morgan fingerprint density at radius 2 is 2.16 bits per heavy atom. The molecule has 5 rings (SSSR count). The first-order valence-corrected chi connectivity index (χ1v) is 12.2. The quantitative estimate of drug-likeness (QED) is 0.533. The van der Waals surface area contributed by atoms with E-state index in [1.165, 1.54) is 0 Å². The van der Waals surface area contributed by atoms with Crippen molar-refractivity contribution >= 4 is 44.9 Å². The maximum atomic E-state index is 12.8. The maximum Gasteiger partial charge on any atom is 0.251 e. The number of amides is 1. The average molecular weight is 519 g/mol. The van der Waals surface area contributed by atoms with Gasteiger partial charge in [-0.1, -0.05) is 29.8 Å². The largest absolute Gasteiger partial charge is 0.370 e. The molecule has 0 radical (unpaired) electrons. The molecule has 2 unspecified atom stereocenters. The van der Waals surface area contributed by atoms with Crippen molar-refractivity contribution in [1.29, 1.82) is 0 Å². The van der Waals surface area contributed by atoms with E-state index < -0.39 is 0 Å². The molecule has 0 aliphatic carbocycles. The number of carbonyl (C=O) groups excluding carboxylic acids is 1. The molecule has 2 fully saturated rings. The third-order valence-corrected chi connectivity index (χ3v) is 7.08. The second-order valence-electron chi connectivity index (χ2n) is 8.41. The van der Waals surface area contributed by atoms with Gasteiger partial charge < -0.3 is 15.0 Å². The van der Waals surface area contributed by atoms with E-state index in [0.717, 1.165) is 72.5 Å².